The fourth-order valence-electron chi connectivity index (χ4n) is 3.33. The van der Waals surface area contributed by atoms with E-state index in [1.807, 2.05) is 48.7 Å². The van der Waals surface area contributed by atoms with Gasteiger partial charge in [-0.1, -0.05) is 24.3 Å². The van der Waals surface area contributed by atoms with Crippen LogP contribution in [-0.4, -0.2) is 22.4 Å². The van der Waals surface area contributed by atoms with Crippen LogP contribution in [0.5, 0.6) is 0 Å². The average molecular weight is 379 g/mol. The van der Waals surface area contributed by atoms with E-state index in [-0.39, 0.29) is 12.5 Å². The lowest BCUT2D eigenvalue weighted by Crippen LogP contribution is -2.32. The zero-order valence-corrected chi connectivity index (χ0v) is 15.9. The lowest BCUT2D eigenvalue weighted by Gasteiger charge is -2.24. The van der Waals surface area contributed by atoms with Gasteiger partial charge in [-0.2, -0.15) is 0 Å². The molecule has 0 aliphatic heterocycles. The first kappa shape index (κ1) is 17.7. The summed E-state index contributed by atoms with van der Waals surface area (Å²) in [7, 11) is 0. The molecule has 3 aromatic rings. The van der Waals surface area contributed by atoms with Gasteiger partial charge in [0.1, 0.15) is 0 Å². The summed E-state index contributed by atoms with van der Waals surface area (Å²) in [6.45, 7) is 0.892. The van der Waals surface area contributed by atoms with Crippen molar-refractivity contribution in [3.63, 3.8) is 0 Å². The highest BCUT2D eigenvalue weighted by Crippen LogP contribution is 2.29. The van der Waals surface area contributed by atoms with Gasteiger partial charge in [-0.15, -0.1) is 11.3 Å². The van der Waals surface area contributed by atoms with Gasteiger partial charge in [-0.05, 0) is 49.4 Å². The third-order valence-corrected chi connectivity index (χ3v) is 5.72. The Bertz CT molecular complexity index is 872. The number of benzene rings is 1. The van der Waals surface area contributed by atoms with Gasteiger partial charge in [0, 0.05) is 29.5 Å². The van der Waals surface area contributed by atoms with Crippen LogP contribution in [0.1, 0.15) is 29.0 Å². The summed E-state index contributed by atoms with van der Waals surface area (Å²) in [5.41, 5.74) is 3.24. The molecule has 6 heteroatoms. The molecule has 27 heavy (non-hydrogen) atoms. The van der Waals surface area contributed by atoms with E-state index in [1.165, 1.54) is 17.7 Å². The first-order chi connectivity index (χ1) is 13.3. The van der Waals surface area contributed by atoms with E-state index in [4.69, 9.17) is 0 Å². The number of fused-ring (bicyclic) bond motifs is 1. The lowest BCUT2D eigenvalue weighted by molar-refractivity contribution is -0.115. The molecule has 0 fully saturated rings. The molecule has 0 radical (unpaired) electrons. The highest BCUT2D eigenvalue weighted by atomic mass is 32.1. The normalized spacial score (nSPS) is 13.0. The maximum absolute atomic E-state index is 12.7. The molecular weight excluding hydrogens is 356 g/mol. The van der Waals surface area contributed by atoms with Crippen molar-refractivity contribution in [3.8, 4) is 0 Å². The molecule has 0 atom stereocenters. The molecule has 0 spiro atoms. The number of hydrogen-bond donors (Lipinski definition) is 1. The molecule has 5 nitrogen and oxygen atoms in total. The molecular formula is C21H22N4OS. The van der Waals surface area contributed by atoms with Crippen molar-refractivity contribution >= 4 is 28.1 Å². The molecule has 1 aliphatic carbocycles. The second-order valence-corrected chi connectivity index (χ2v) is 7.78. The number of aryl methyl sites for hydroxylation is 2. The maximum atomic E-state index is 12.7. The second kappa shape index (κ2) is 8.31. The Balaban J connectivity index is 1.47. The summed E-state index contributed by atoms with van der Waals surface area (Å²) in [5.74, 6) is -0.0474. The minimum atomic E-state index is -0.0474. The number of nitrogens with one attached hydrogen (secondary N) is 1. The van der Waals surface area contributed by atoms with Gasteiger partial charge in [-0.3, -0.25) is 9.78 Å². The van der Waals surface area contributed by atoms with Crippen molar-refractivity contribution in [3.05, 3.63) is 71.0 Å². The van der Waals surface area contributed by atoms with Crippen molar-refractivity contribution in [1.82, 2.24) is 9.97 Å². The van der Waals surface area contributed by atoms with Crippen LogP contribution in [0.25, 0.3) is 0 Å². The quantitative estimate of drug-likeness (QED) is 0.703. The second-order valence-electron chi connectivity index (χ2n) is 6.70. The summed E-state index contributed by atoms with van der Waals surface area (Å²) < 4.78 is 0. The summed E-state index contributed by atoms with van der Waals surface area (Å²) in [5, 5.41) is 3.72. The number of para-hydroxylation sites is 1. The van der Waals surface area contributed by atoms with Crippen LogP contribution in [-0.2, 0) is 24.2 Å². The topological polar surface area (TPSA) is 58.1 Å². The van der Waals surface area contributed by atoms with E-state index in [2.05, 4.69) is 20.2 Å². The van der Waals surface area contributed by atoms with Crippen LogP contribution in [0.15, 0.2) is 54.9 Å². The van der Waals surface area contributed by atoms with E-state index in [1.54, 1.807) is 17.5 Å². The largest absolute Gasteiger partial charge is 0.358 e. The van der Waals surface area contributed by atoms with Crippen molar-refractivity contribution in [1.29, 1.82) is 0 Å². The molecule has 1 aliphatic rings. The van der Waals surface area contributed by atoms with Crippen molar-refractivity contribution in [2.45, 2.75) is 32.2 Å². The highest BCUT2D eigenvalue weighted by molar-refractivity contribution is 7.15. The zero-order valence-electron chi connectivity index (χ0n) is 15.1. The first-order valence-corrected chi connectivity index (χ1v) is 10.1. The molecule has 138 valence electrons. The van der Waals surface area contributed by atoms with Crippen molar-refractivity contribution in [2.24, 2.45) is 0 Å². The first-order valence-electron chi connectivity index (χ1n) is 9.25. The molecule has 0 saturated heterocycles. The monoisotopic (exact) mass is 378 g/mol. The van der Waals surface area contributed by atoms with Gasteiger partial charge >= 0.3 is 0 Å². The summed E-state index contributed by atoms with van der Waals surface area (Å²) in [6.07, 6.45) is 8.11. The summed E-state index contributed by atoms with van der Waals surface area (Å²) in [4.78, 5) is 24.9. The average Bonchev–Trinajstić information content (AvgIpc) is 3.11. The fraction of sp³-hybridized carbons (Fsp3) is 0.286. The Morgan fingerprint density at radius 3 is 2.74 bits per heavy atom. The standard InChI is InChI=1S/C21H22N4OS/c26-20(24-21-23-18-10-4-5-11-19(18)27-21)15-25(17-8-2-1-3-9-17)14-16-7-6-12-22-13-16/h1-3,6-9,12-13H,4-5,10-11,14-15H2,(H,23,24,26). The van der Waals surface area contributed by atoms with E-state index in [0.29, 0.717) is 6.54 Å². The van der Waals surface area contributed by atoms with Gasteiger partial charge in [0.2, 0.25) is 5.91 Å². The van der Waals surface area contributed by atoms with Crippen LogP contribution in [0.4, 0.5) is 10.8 Å². The van der Waals surface area contributed by atoms with Crippen LogP contribution >= 0.6 is 11.3 Å². The van der Waals surface area contributed by atoms with Crippen LogP contribution < -0.4 is 10.2 Å². The summed E-state index contributed by atoms with van der Waals surface area (Å²) in [6, 6.07) is 13.9. The van der Waals surface area contributed by atoms with E-state index >= 15 is 0 Å². The van der Waals surface area contributed by atoms with Gasteiger partial charge in [0.25, 0.3) is 0 Å². The van der Waals surface area contributed by atoms with Crippen LogP contribution in [0.2, 0.25) is 0 Å². The Labute approximate surface area is 163 Å². The molecule has 2 heterocycles. The Morgan fingerprint density at radius 2 is 1.96 bits per heavy atom. The van der Waals surface area contributed by atoms with E-state index in [9.17, 15) is 4.79 Å². The van der Waals surface area contributed by atoms with Crippen molar-refractivity contribution < 1.29 is 4.79 Å². The number of pyridine rings is 1. The molecule has 1 amide bonds. The smallest absolute Gasteiger partial charge is 0.245 e. The maximum Gasteiger partial charge on any atom is 0.245 e. The minimum absolute atomic E-state index is 0.0474. The molecule has 4 rings (SSSR count). The molecule has 0 unspecified atom stereocenters. The molecule has 1 N–H and O–H groups in total. The fourth-order valence-corrected chi connectivity index (χ4v) is 4.39. The third-order valence-electron chi connectivity index (χ3n) is 4.64. The number of aromatic nitrogens is 2. The van der Waals surface area contributed by atoms with Crippen molar-refractivity contribution in [2.75, 3.05) is 16.8 Å². The van der Waals surface area contributed by atoms with Gasteiger partial charge in [-0.25, -0.2) is 4.98 Å². The number of carbonyl (C=O) groups is 1. The Morgan fingerprint density at radius 1 is 1.11 bits per heavy atom. The minimum Gasteiger partial charge on any atom is -0.358 e. The number of thiazole rings is 1. The number of anilines is 2. The number of amides is 1. The molecule has 0 bridgehead atoms. The predicted molar refractivity (Wildman–Crippen MR) is 109 cm³/mol. The molecule has 1 aromatic carbocycles. The number of carbonyl (C=O) groups excluding carboxylic acids is 1. The van der Waals surface area contributed by atoms with Gasteiger partial charge in [0.05, 0.1) is 12.2 Å². The van der Waals surface area contributed by atoms with Gasteiger partial charge in [0.15, 0.2) is 5.13 Å². The SMILES string of the molecule is O=C(CN(Cc1cccnc1)c1ccccc1)Nc1nc2c(s1)CCCC2. The third kappa shape index (κ3) is 4.52. The van der Waals surface area contributed by atoms with E-state index < -0.39 is 0 Å². The molecule has 0 saturated carbocycles. The zero-order chi connectivity index (χ0) is 18.5. The predicted octanol–water partition coefficient (Wildman–Crippen LogP) is 4.06. The van der Waals surface area contributed by atoms with E-state index in [0.717, 1.165) is 34.9 Å². The van der Waals surface area contributed by atoms with Gasteiger partial charge < -0.3 is 10.2 Å². The number of nitrogens with zero attached hydrogens (tertiary/aromatic N) is 3. The Kier molecular flexibility index (Phi) is 5.44. The highest BCUT2D eigenvalue weighted by Gasteiger charge is 2.18. The lowest BCUT2D eigenvalue weighted by atomic mass is 10.0. The summed E-state index contributed by atoms with van der Waals surface area (Å²) >= 11 is 1.62. The molecule has 2 aromatic heterocycles. The van der Waals surface area contributed by atoms with Crippen LogP contribution in [0.3, 0.4) is 0 Å². The van der Waals surface area contributed by atoms with Crippen LogP contribution in [0, 0.1) is 0 Å². The number of hydrogen-bond acceptors (Lipinski definition) is 5. The Hall–Kier alpha value is -2.73. The number of rotatable bonds is 6.